The SMILES string of the molecule is Cn1c(Cl)cnc1COc1c(Br)cc(C(=O)O)cc1Br. The summed E-state index contributed by atoms with van der Waals surface area (Å²) in [6.07, 6.45) is 1.54. The van der Waals surface area contributed by atoms with Gasteiger partial charge >= 0.3 is 5.97 Å². The summed E-state index contributed by atoms with van der Waals surface area (Å²) in [4.78, 5) is 15.0. The second-order valence-corrected chi connectivity index (χ2v) is 6.01. The quantitative estimate of drug-likeness (QED) is 0.809. The van der Waals surface area contributed by atoms with Gasteiger partial charge in [0.25, 0.3) is 0 Å². The monoisotopic (exact) mass is 422 g/mol. The van der Waals surface area contributed by atoms with Gasteiger partial charge in [-0.2, -0.15) is 0 Å². The van der Waals surface area contributed by atoms with Crippen LogP contribution in [0.5, 0.6) is 5.75 Å². The summed E-state index contributed by atoms with van der Waals surface area (Å²) in [5.74, 6) is 0.166. The Hall–Kier alpha value is -1.05. The highest BCUT2D eigenvalue weighted by atomic mass is 79.9. The zero-order valence-electron chi connectivity index (χ0n) is 10.2. The number of carboxylic acids is 1. The molecule has 0 amide bonds. The Kier molecular flexibility index (Phi) is 4.72. The van der Waals surface area contributed by atoms with Crippen molar-refractivity contribution < 1.29 is 14.6 Å². The summed E-state index contributed by atoms with van der Waals surface area (Å²) < 4.78 is 8.45. The molecule has 1 N–H and O–H groups in total. The van der Waals surface area contributed by atoms with Gasteiger partial charge in [-0.25, -0.2) is 9.78 Å². The van der Waals surface area contributed by atoms with E-state index in [9.17, 15) is 4.79 Å². The Bertz CT molecular complexity index is 650. The van der Waals surface area contributed by atoms with Gasteiger partial charge in [-0.15, -0.1) is 0 Å². The Morgan fingerprint density at radius 1 is 1.45 bits per heavy atom. The molecule has 2 aromatic rings. The number of benzene rings is 1. The van der Waals surface area contributed by atoms with Crippen molar-refractivity contribution in [3.05, 3.63) is 43.8 Å². The van der Waals surface area contributed by atoms with E-state index in [1.807, 2.05) is 0 Å². The van der Waals surface area contributed by atoms with E-state index in [-0.39, 0.29) is 12.2 Å². The highest BCUT2D eigenvalue weighted by Crippen LogP contribution is 2.35. The number of carbonyl (C=O) groups is 1. The van der Waals surface area contributed by atoms with Crippen LogP contribution in [0.15, 0.2) is 27.3 Å². The first-order valence-electron chi connectivity index (χ1n) is 5.41. The van der Waals surface area contributed by atoms with E-state index in [1.165, 1.54) is 18.3 Å². The maximum absolute atomic E-state index is 10.9. The largest absolute Gasteiger partial charge is 0.483 e. The highest BCUT2D eigenvalue weighted by molar-refractivity contribution is 9.11. The van der Waals surface area contributed by atoms with Crippen LogP contribution >= 0.6 is 43.5 Å². The second kappa shape index (κ2) is 6.15. The van der Waals surface area contributed by atoms with Crippen LogP contribution in [-0.4, -0.2) is 20.6 Å². The molecule has 0 spiro atoms. The average molecular weight is 424 g/mol. The van der Waals surface area contributed by atoms with Crippen LogP contribution in [0.2, 0.25) is 5.15 Å². The fourth-order valence-corrected chi connectivity index (χ4v) is 3.08. The highest BCUT2D eigenvalue weighted by Gasteiger charge is 2.14. The van der Waals surface area contributed by atoms with Crippen molar-refractivity contribution in [2.24, 2.45) is 7.05 Å². The molecule has 0 aliphatic carbocycles. The number of hydrogen-bond donors (Lipinski definition) is 1. The van der Waals surface area contributed by atoms with Crippen molar-refractivity contribution in [1.29, 1.82) is 0 Å². The van der Waals surface area contributed by atoms with Crippen LogP contribution in [0.3, 0.4) is 0 Å². The Balaban J connectivity index is 2.22. The van der Waals surface area contributed by atoms with Crippen LogP contribution in [0, 0.1) is 0 Å². The lowest BCUT2D eigenvalue weighted by molar-refractivity contribution is 0.0696. The molecule has 0 saturated carbocycles. The van der Waals surface area contributed by atoms with Crippen molar-refractivity contribution >= 4 is 49.4 Å². The normalized spacial score (nSPS) is 10.6. The number of carboxylic acid groups (broad SMARTS) is 1. The molecule has 0 unspecified atom stereocenters. The zero-order chi connectivity index (χ0) is 14.9. The summed E-state index contributed by atoms with van der Waals surface area (Å²) in [5.41, 5.74) is 0.163. The molecule has 1 aromatic carbocycles. The predicted octanol–water partition coefficient (Wildman–Crippen LogP) is 3.88. The zero-order valence-corrected chi connectivity index (χ0v) is 14.2. The lowest BCUT2D eigenvalue weighted by atomic mass is 10.2. The molecule has 0 atom stereocenters. The van der Waals surface area contributed by atoms with E-state index in [1.54, 1.807) is 11.6 Å². The molecule has 0 radical (unpaired) electrons. The summed E-state index contributed by atoms with van der Waals surface area (Å²) in [5, 5.41) is 9.48. The molecule has 20 heavy (non-hydrogen) atoms. The summed E-state index contributed by atoms with van der Waals surface area (Å²) in [6, 6.07) is 2.96. The first-order valence-corrected chi connectivity index (χ1v) is 7.37. The molecular weight excluding hydrogens is 415 g/mol. The smallest absolute Gasteiger partial charge is 0.335 e. The topological polar surface area (TPSA) is 64.4 Å². The number of ether oxygens (including phenoxy) is 1. The number of nitrogens with zero attached hydrogens (tertiary/aromatic N) is 2. The molecule has 1 heterocycles. The number of aromatic nitrogens is 2. The van der Waals surface area contributed by atoms with Gasteiger partial charge in [0, 0.05) is 7.05 Å². The van der Waals surface area contributed by atoms with E-state index >= 15 is 0 Å². The standard InChI is InChI=1S/C12H9Br2ClN2O3/c1-17-9(15)4-16-10(17)5-20-11-7(13)2-6(12(18)19)3-8(11)14/h2-4H,5H2,1H3,(H,18,19). The van der Waals surface area contributed by atoms with Gasteiger partial charge < -0.3 is 14.4 Å². The number of rotatable bonds is 4. The maximum Gasteiger partial charge on any atom is 0.335 e. The number of hydrogen-bond acceptors (Lipinski definition) is 3. The molecule has 0 fully saturated rings. The van der Waals surface area contributed by atoms with Gasteiger partial charge in [-0.05, 0) is 44.0 Å². The van der Waals surface area contributed by atoms with Crippen LogP contribution in [0.25, 0.3) is 0 Å². The van der Waals surface area contributed by atoms with E-state index < -0.39 is 5.97 Å². The molecule has 0 aliphatic rings. The van der Waals surface area contributed by atoms with Crippen molar-refractivity contribution in [1.82, 2.24) is 9.55 Å². The number of aromatic carboxylic acids is 1. The minimum atomic E-state index is -1.01. The Morgan fingerprint density at radius 3 is 2.50 bits per heavy atom. The third-order valence-electron chi connectivity index (χ3n) is 2.62. The first-order chi connectivity index (χ1) is 9.40. The van der Waals surface area contributed by atoms with Crippen LogP contribution in [0.4, 0.5) is 0 Å². The molecule has 2 rings (SSSR count). The van der Waals surface area contributed by atoms with Gasteiger partial charge in [0.15, 0.2) is 0 Å². The number of halogens is 3. The third kappa shape index (κ3) is 3.16. The van der Waals surface area contributed by atoms with Gasteiger partial charge in [0.2, 0.25) is 0 Å². The van der Waals surface area contributed by atoms with Crippen LogP contribution in [0.1, 0.15) is 16.2 Å². The van der Waals surface area contributed by atoms with Gasteiger partial charge in [0.05, 0.1) is 20.7 Å². The third-order valence-corrected chi connectivity index (χ3v) is 4.15. The predicted molar refractivity (Wildman–Crippen MR) is 81.4 cm³/mol. The molecule has 0 bridgehead atoms. The van der Waals surface area contributed by atoms with Gasteiger partial charge in [0.1, 0.15) is 23.3 Å². The average Bonchev–Trinajstić information content (AvgIpc) is 2.69. The van der Waals surface area contributed by atoms with E-state index in [4.69, 9.17) is 21.4 Å². The fourth-order valence-electron chi connectivity index (χ4n) is 1.52. The van der Waals surface area contributed by atoms with Gasteiger partial charge in [-0.1, -0.05) is 11.6 Å². The van der Waals surface area contributed by atoms with E-state index in [0.29, 0.717) is 25.7 Å². The minimum Gasteiger partial charge on any atom is -0.483 e. The molecule has 5 nitrogen and oxygen atoms in total. The first kappa shape index (κ1) is 15.3. The Morgan fingerprint density at radius 2 is 2.05 bits per heavy atom. The van der Waals surface area contributed by atoms with Crippen molar-refractivity contribution in [3.63, 3.8) is 0 Å². The fraction of sp³-hybridized carbons (Fsp3) is 0.167. The number of imidazole rings is 1. The Labute approximate surface area is 136 Å². The van der Waals surface area contributed by atoms with E-state index in [2.05, 4.69) is 36.8 Å². The molecule has 0 saturated heterocycles. The van der Waals surface area contributed by atoms with Crippen molar-refractivity contribution in [2.45, 2.75) is 6.61 Å². The van der Waals surface area contributed by atoms with Crippen LogP contribution < -0.4 is 4.74 Å². The summed E-state index contributed by atoms with van der Waals surface area (Å²) in [7, 11) is 1.78. The molecule has 106 valence electrons. The molecular formula is C12H9Br2ClN2O3. The summed E-state index contributed by atoms with van der Waals surface area (Å²) >= 11 is 12.5. The molecule has 1 aromatic heterocycles. The second-order valence-electron chi connectivity index (χ2n) is 3.92. The minimum absolute atomic E-state index is 0.163. The van der Waals surface area contributed by atoms with Crippen molar-refractivity contribution in [3.8, 4) is 5.75 Å². The maximum atomic E-state index is 10.9. The lowest BCUT2D eigenvalue weighted by Gasteiger charge is -2.11. The molecule has 8 heteroatoms. The molecule has 0 aliphatic heterocycles. The van der Waals surface area contributed by atoms with Gasteiger partial charge in [-0.3, -0.25) is 0 Å². The summed E-state index contributed by atoms with van der Waals surface area (Å²) in [6.45, 7) is 0.215. The lowest BCUT2D eigenvalue weighted by Crippen LogP contribution is -2.05. The van der Waals surface area contributed by atoms with E-state index in [0.717, 1.165) is 0 Å². The van der Waals surface area contributed by atoms with Crippen molar-refractivity contribution in [2.75, 3.05) is 0 Å². The van der Waals surface area contributed by atoms with Crippen LogP contribution in [-0.2, 0) is 13.7 Å².